The van der Waals surface area contributed by atoms with Gasteiger partial charge in [-0.05, 0) is 18.6 Å². The van der Waals surface area contributed by atoms with Crippen molar-refractivity contribution in [2.45, 2.75) is 19.8 Å². The van der Waals surface area contributed by atoms with Gasteiger partial charge in [-0.2, -0.15) is 0 Å². The number of hydrogen-bond acceptors (Lipinski definition) is 5. The Morgan fingerprint density at radius 1 is 1.14 bits per heavy atom. The molecule has 1 N–H and O–H groups in total. The van der Waals surface area contributed by atoms with Crippen LogP contribution < -0.4 is 5.32 Å². The van der Waals surface area contributed by atoms with Gasteiger partial charge in [-0.25, -0.2) is 0 Å². The molecule has 0 atom stereocenters. The Morgan fingerprint density at radius 2 is 1.93 bits per heavy atom. The Morgan fingerprint density at radius 3 is 2.61 bits per heavy atom. The molecule has 2 aliphatic heterocycles. The van der Waals surface area contributed by atoms with Crippen LogP contribution in [0.2, 0.25) is 0 Å². The number of hydrogen-bond donors (Lipinski definition) is 1. The van der Waals surface area contributed by atoms with Crippen LogP contribution in [0.4, 0.5) is 0 Å². The molecule has 1 aromatic heterocycles. The van der Waals surface area contributed by atoms with Crippen LogP contribution in [-0.2, 0) is 16.0 Å². The highest BCUT2D eigenvalue weighted by Crippen LogP contribution is 2.06. The molecule has 2 aliphatic rings. The molecular weight excluding hydrogens is 358 g/mol. The standard InChI is InChI=1S/C20H33N5O3/c1-2-6-21-20(22-7-5-18-4-3-14-28-18)25-10-8-23(9-11-25)17-19(26)24-12-15-27-16-13-24/h3-4,14H,2,5-13,15-17H2,1H3,(H,21,22). The normalized spacial score (nSPS) is 19.1. The van der Waals surface area contributed by atoms with Gasteiger partial charge < -0.3 is 24.3 Å². The first-order chi connectivity index (χ1) is 13.8. The Bertz CT molecular complexity index is 605. The van der Waals surface area contributed by atoms with E-state index in [1.807, 2.05) is 17.0 Å². The Balaban J connectivity index is 1.43. The second-order valence-electron chi connectivity index (χ2n) is 7.22. The van der Waals surface area contributed by atoms with Crippen LogP contribution in [0.1, 0.15) is 19.1 Å². The number of aliphatic imine (C=N–C) groups is 1. The van der Waals surface area contributed by atoms with Crippen molar-refractivity contribution in [3.8, 4) is 0 Å². The average Bonchev–Trinajstić information content (AvgIpc) is 3.25. The monoisotopic (exact) mass is 391 g/mol. The molecule has 0 aliphatic carbocycles. The summed E-state index contributed by atoms with van der Waals surface area (Å²) >= 11 is 0. The fraction of sp³-hybridized carbons (Fsp3) is 0.700. The molecule has 1 amide bonds. The third-order valence-corrected chi connectivity index (χ3v) is 5.11. The lowest BCUT2D eigenvalue weighted by Gasteiger charge is -2.37. The van der Waals surface area contributed by atoms with Crippen LogP contribution in [0.25, 0.3) is 0 Å². The molecule has 3 heterocycles. The molecule has 1 aromatic rings. The number of furan rings is 1. The van der Waals surface area contributed by atoms with E-state index in [0.717, 1.165) is 63.8 Å². The number of carbonyl (C=O) groups excluding carboxylic acids is 1. The van der Waals surface area contributed by atoms with Gasteiger partial charge in [0.15, 0.2) is 5.96 Å². The van der Waals surface area contributed by atoms with Crippen LogP contribution in [0.3, 0.4) is 0 Å². The van der Waals surface area contributed by atoms with Crippen LogP contribution in [0.15, 0.2) is 27.8 Å². The molecule has 8 heteroatoms. The van der Waals surface area contributed by atoms with Gasteiger partial charge in [0.1, 0.15) is 5.76 Å². The van der Waals surface area contributed by atoms with Crippen molar-refractivity contribution in [2.75, 3.05) is 72.1 Å². The molecule has 0 saturated carbocycles. The number of rotatable bonds is 7. The van der Waals surface area contributed by atoms with E-state index in [2.05, 4.69) is 22.0 Å². The van der Waals surface area contributed by atoms with Crippen molar-refractivity contribution in [1.82, 2.24) is 20.0 Å². The smallest absolute Gasteiger partial charge is 0.236 e. The quantitative estimate of drug-likeness (QED) is 0.544. The lowest BCUT2D eigenvalue weighted by atomic mass is 10.3. The first-order valence-corrected chi connectivity index (χ1v) is 10.4. The van der Waals surface area contributed by atoms with E-state index in [0.29, 0.717) is 32.8 Å². The molecule has 3 rings (SSSR count). The zero-order valence-corrected chi connectivity index (χ0v) is 16.9. The summed E-state index contributed by atoms with van der Waals surface area (Å²) < 4.78 is 10.7. The van der Waals surface area contributed by atoms with Crippen molar-refractivity contribution in [3.05, 3.63) is 24.2 Å². The highest BCUT2D eigenvalue weighted by molar-refractivity contribution is 5.80. The van der Waals surface area contributed by atoms with Gasteiger partial charge in [0.05, 0.1) is 26.0 Å². The van der Waals surface area contributed by atoms with Crippen LogP contribution in [0.5, 0.6) is 0 Å². The van der Waals surface area contributed by atoms with Gasteiger partial charge in [0.2, 0.25) is 5.91 Å². The van der Waals surface area contributed by atoms with E-state index >= 15 is 0 Å². The molecule has 156 valence electrons. The third kappa shape index (κ3) is 6.24. The molecule has 0 bridgehead atoms. The lowest BCUT2D eigenvalue weighted by molar-refractivity contribution is -0.136. The second kappa shape index (κ2) is 11.1. The molecule has 2 fully saturated rings. The maximum atomic E-state index is 12.4. The van der Waals surface area contributed by atoms with E-state index in [-0.39, 0.29) is 5.91 Å². The largest absolute Gasteiger partial charge is 0.469 e. The summed E-state index contributed by atoms with van der Waals surface area (Å²) in [6.07, 6.45) is 3.57. The second-order valence-corrected chi connectivity index (χ2v) is 7.22. The summed E-state index contributed by atoms with van der Waals surface area (Å²) in [5, 5.41) is 3.48. The minimum Gasteiger partial charge on any atom is -0.469 e. The first kappa shape index (κ1) is 20.7. The minimum atomic E-state index is 0.216. The van der Waals surface area contributed by atoms with E-state index < -0.39 is 0 Å². The van der Waals surface area contributed by atoms with Gasteiger partial charge in [0, 0.05) is 58.8 Å². The summed E-state index contributed by atoms with van der Waals surface area (Å²) in [4.78, 5) is 23.6. The number of amides is 1. The summed E-state index contributed by atoms with van der Waals surface area (Å²) in [5.74, 6) is 2.16. The topological polar surface area (TPSA) is 73.6 Å². The Labute approximate surface area is 167 Å². The number of nitrogens with one attached hydrogen (secondary N) is 1. The van der Waals surface area contributed by atoms with Gasteiger partial charge in [-0.15, -0.1) is 0 Å². The Hall–Kier alpha value is -2.06. The van der Waals surface area contributed by atoms with Gasteiger partial charge in [-0.3, -0.25) is 14.7 Å². The van der Waals surface area contributed by atoms with Crippen LogP contribution >= 0.6 is 0 Å². The zero-order valence-electron chi connectivity index (χ0n) is 16.9. The van der Waals surface area contributed by atoms with Gasteiger partial charge >= 0.3 is 0 Å². The van der Waals surface area contributed by atoms with E-state index in [9.17, 15) is 4.79 Å². The predicted octanol–water partition coefficient (Wildman–Crippen LogP) is 0.654. The van der Waals surface area contributed by atoms with Crippen molar-refractivity contribution in [2.24, 2.45) is 4.99 Å². The summed E-state index contributed by atoms with van der Waals surface area (Å²) in [5.41, 5.74) is 0. The number of ether oxygens (including phenoxy) is 1. The number of carbonyl (C=O) groups is 1. The number of piperazine rings is 1. The maximum absolute atomic E-state index is 12.4. The van der Waals surface area contributed by atoms with Crippen LogP contribution in [-0.4, -0.2) is 98.7 Å². The fourth-order valence-corrected chi connectivity index (χ4v) is 3.46. The summed E-state index contributed by atoms with van der Waals surface area (Å²) in [6, 6.07) is 3.91. The highest BCUT2D eigenvalue weighted by Gasteiger charge is 2.24. The molecule has 28 heavy (non-hydrogen) atoms. The number of morpholine rings is 1. The van der Waals surface area contributed by atoms with Crippen molar-refractivity contribution >= 4 is 11.9 Å². The summed E-state index contributed by atoms with van der Waals surface area (Å²) in [7, 11) is 0. The van der Waals surface area contributed by atoms with Crippen molar-refractivity contribution in [3.63, 3.8) is 0 Å². The fourth-order valence-electron chi connectivity index (χ4n) is 3.46. The van der Waals surface area contributed by atoms with E-state index in [4.69, 9.17) is 14.1 Å². The van der Waals surface area contributed by atoms with E-state index in [1.54, 1.807) is 6.26 Å². The van der Waals surface area contributed by atoms with Gasteiger partial charge in [-0.1, -0.05) is 6.92 Å². The molecule has 0 unspecified atom stereocenters. The molecule has 8 nitrogen and oxygen atoms in total. The van der Waals surface area contributed by atoms with Gasteiger partial charge in [0.25, 0.3) is 0 Å². The molecule has 0 spiro atoms. The highest BCUT2D eigenvalue weighted by atomic mass is 16.5. The maximum Gasteiger partial charge on any atom is 0.236 e. The number of nitrogens with zero attached hydrogens (tertiary/aromatic N) is 4. The molecule has 0 radical (unpaired) electrons. The molecular formula is C20H33N5O3. The van der Waals surface area contributed by atoms with E-state index in [1.165, 1.54) is 0 Å². The lowest BCUT2D eigenvalue weighted by Crippen LogP contribution is -2.55. The molecule has 0 aromatic carbocycles. The predicted molar refractivity (Wildman–Crippen MR) is 108 cm³/mol. The zero-order chi connectivity index (χ0) is 19.6. The minimum absolute atomic E-state index is 0.216. The SMILES string of the molecule is CCCN=C(NCCc1ccco1)N1CCN(CC(=O)N2CCOCC2)CC1. The molecule has 2 saturated heterocycles. The third-order valence-electron chi connectivity index (χ3n) is 5.11. The first-order valence-electron chi connectivity index (χ1n) is 10.4. The van der Waals surface area contributed by atoms with Crippen LogP contribution in [0, 0.1) is 0 Å². The summed E-state index contributed by atoms with van der Waals surface area (Å²) in [6.45, 7) is 10.5. The average molecular weight is 392 g/mol. The number of guanidine groups is 1. The van der Waals surface area contributed by atoms with Crippen molar-refractivity contribution in [1.29, 1.82) is 0 Å². The van der Waals surface area contributed by atoms with Crippen molar-refractivity contribution < 1.29 is 13.9 Å². The Kier molecular flexibility index (Phi) is 8.17.